The first-order valence-electron chi connectivity index (χ1n) is 6.75. The van der Waals surface area contributed by atoms with Crippen LogP contribution in [0.5, 0.6) is 0 Å². The Morgan fingerprint density at radius 2 is 1.65 bits per heavy atom. The molecule has 1 aromatic heterocycles. The summed E-state index contributed by atoms with van der Waals surface area (Å²) in [4.78, 5) is 4.67. The summed E-state index contributed by atoms with van der Waals surface area (Å²) in [6.45, 7) is 13.5. The van der Waals surface area contributed by atoms with Crippen LogP contribution in [0.15, 0.2) is 24.4 Å². The summed E-state index contributed by atoms with van der Waals surface area (Å²) < 4.78 is 0. The summed E-state index contributed by atoms with van der Waals surface area (Å²) in [6.07, 6.45) is 2.07. The van der Waals surface area contributed by atoms with Crippen LogP contribution < -0.4 is 5.19 Å². The molecule has 109 valence electrons. The average Bonchev–Trinajstić information content (AvgIpc) is 2.26. The van der Waals surface area contributed by atoms with Gasteiger partial charge in [-0.05, 0) is 17.8 Å². The molecule has 0 N–H and O–H groups in total. The first-order valence-corrected chi connectivity index (χ1v) is 10.3. The Kier molecular flexibility index (Phi) is 5.48. The molecule has 2 aromatic rings. The van der Waals surface area contributed by atoms with Crippen molar-refractivity contribution in [2.75, 3.05) is 0 Å². The fourth-order valence-electron chi connectivity index (χ4n) is 2.51. The minimum atomic E-state index is -1.30. The van der Waals surface area contributed by atoms with E-state index in [4.69, 9.17) is 0 Å². The van der Waals surface area contributed by atoms with Gasteiger partial charge in [0.05, 0.1) is 8.07 Å². The van der Waals surface area contributed by atoms with Gasteiger partial charge in [0.1, 0.15) is 0 Å². The van der Waals surface area contributed by atoms with Crippen molar-refractivity contribution in [3.63, 3.8) is 0 Å². The van der Waals surface area contributed by atoms with Gasteiger partial charge in [-0.2, -0.15) is 0 Å². The Morgan fingerprint density at radius 3 is 2.15 bits per heavy atom. The topological polar surface area (TPSA) is 12.9 Å². The summed E-state index contributed by atoms with van der Waals surface area (Å²) in [7, 11) is -1.30. The van der Waals surface area contributed by atoms with E-state index in [9.17, 15) is 0 Å². The van der Waals surface area contributed by atoms with Crippen LogP contribution in [0.1, 0.15) is 16.7 Å². The van der Waals surface area contributed by atoms with E-state index in [1.807, 2.05) is 6.07 Å². The summed E-state index contributed by atoms with van der Waals surface area (Å²) >= 11 is 0. The minimum Gasteiger partial charge on any atom is -0.305 e. The third-order valence-corrected chi connectivity index (χ3v) is 5.60. The maximum absolute atomic E-state index is 4.67. The number of benzene rings is 1. The van der Waals surface area contributed by atoms with E-state index in [0.29, 0.717) is 0 Å². The zero-order valence-electron chi connectivity index (χ0n) is 13.1. The molecular weight excluding hydrogens is 438 g/mol. The van der Waals surface area contributed by atoms with E-state index in [0.717, 1.165) is 11.3 Å². The Morgan fingerprint density at radius 1 is 1.00 bits per heavy atom. The molecule has 0 fully saturated rings. The monoisotopic (exact) mass is 461 g/mol. The van der Waals surface area contributed by atoms with Crippen molar-refractivity contribution in [2.24, 2.45) is 0 Å². The standard InChI is InChI=1S/C17H22NSi.Ir/c1-12-7-8-15(13(2)9-12)16-10-14(3)17(11-18-16)19(4,5)6;/h7,9-11H,1-6H3;/q-1;. The van der Waals surface area contributed by atoms with Crippen molar-refractivity contribution in [1.29, 1.82) is 0 Å². The third kappa shape index (κ3) is 3.66. The number of rotatable bonds is 2. The molecule has 1 aromatic carbocycles. The van der Waals surface area contributed by atoms with Crippen LogP contribution in [-0.2, 0) is 20.1 Å². The van der Waals surface area contributed by atoms with Gasteiger partial charge in [0.2, 0.25) is 0 Å². The largest absolute Gasteiger partial charge is 0.305 e. The van der Waals surface area contributed by atoms with Gasteiger partial charge < -0.3 is 4.98 Å². The molecule has 1 heterocycles. The predicted octanol–water partition coefficient (Wildman–Crippen LogP) is 4.02. The summed E-state index contributed by atoms with van der Waals surface area (Å²) in [6, 6.07) is 9.79. The van der Waals surface area contributed by atoms with Gasteiger partial charge in [0.15, 0.2) is 0 Å². The molecule has 0 amide bonds. The Bertz CT molecular complexity index is 615. The van der Waals surface area contributed by atoms with Gasteiger partial charge in [-0.3, -0.25) is 0 Å². The molecule has 0 spiro atoms. The van der Waals surface area contributed by atoms with Gasteiger partial charge in [0, 0.05) is 26.3 Å². The van der Waals surface area contributed by atoms with Crippen molar-refractivity contribution >= 4 is 13.3 Å². The predicted molar refractivity (Wildman–Crippen MR) is 85.7 cm³/mol. The minimum absolute atomic E-state index is 0. The maximum atomic E-state index is 4.67. The smallest absolute Gasteiger partial charge is 0.0798 e. The van der Waals surface area contributed by atoms with E-state index in [1.165, 1.54) is 21.9 Å². The number of pyridine rings is 1. The Hall–Kier alpha value is -0.764. The van der Waals surface area contributed by atoms with E-state index in [1.54, 1.807) is 0 Å². The van der Waals surface area contributed by atoms with E-state index in [2.05, 4.69) is 69.8 Å². The second-order valence-electron chi connectivity index (χ2n) is 6.37. The molecule has 0 saturated carbocycles. The van der Waals surface area contributed by atoms with Crippen molar-refractivity contribution in [3.8, 4) is 11.3 Å². The molecule has 0 aliphatic rings. The van der Waals surface area contributed by atoms with Gasteiger partial charge in [-0.1, -0.05) is 45.1 Å². The number of nitrogens with zero attached hydrogens (tertiary/aromatic N) is 1. The van der Waals surface area contributed by atoms with E-state index >= 15 is 0 Å². The molecule has 1 radical (unpaired) electrons. The Labute approximate surface area is 137 Å². The molecule has 0 unspecified atom stereocenters. The zero-order valence-corrected chi connectivity index (χ0v) is 16.5. The van der Waals surface area contributed by atoms with Crippen LogP contribution in [0.3, 0.4) is 0 Å². The van der Waals surface area contributed by atoms with E-state index < -0.39 is 8.07 Å². The van der Waals surface area contributed by atoms with Crippen LogP contribution in [-0.4, -0.2) is 13.1 Å². The van der Waals surface area contributed by atoms with Gasteiger partial charge >= 0.3 is 0 Å². The van der Waals surface area contributed by atoms with E-state index in [-0.39, 0.29) is 20.1 Å². The fraction of sp³-hybridized carbons (Fsp3) is 0.353. The molecule has 2 rings (SSSR count). The summed E-state index contributed by atoms with van der Waals surface area (Å²) in [5.74, 6) is 0. The second kappa shape index (κ2) is 6.34. The molecule has 0 atom stereocenters. The van der Waals surface area contributed by atoms with Crippen molar-refractivity contribution < 1.29 is 20.1 Å². The zero-order chi connectivity index (χ0) is 14.2. The maximum Gasteiger partial charge on any atom is 0.0798 e. The summed E-state index contributed by atoms with van der Waals surface area (Å²) in [5.41, 5.74) is 6.01. The molecule has 0 bridgehead atoms. The van der Waals surface area contributed by atoms with Crippen molar-refractivity contribution in [1.82, 2.24) is 4.98 Å². The number of aryl methyl sites for hydroxylation is 3. The molecule has 3 heteroatoms. The second-order valence-corrected chi connectivity index (χ2v) is 11.4. The normalized spacial score (nSPS) is 11.1. The summed E-state index contributed by atoms with van der Waals surface area (Å²) in [5, 5.41) is 1.45. The molecule has 0 aliphatic heterocycles. The van der Waals surface area contributed by atoms with Gasteiger partial charge in [0.25, 0.3) is 0 Å². The molecule has 1 nitrogen and oxygen atoms in total. The number of hydrogen-bond donors (Lipinski definition) is 0. The van der Waals surface area contributed by atoms with Crippen LogP contribution >= 0.6 is 0 Å². The first-order chi connectivity index (χ1) is 8.79. The third-order valence-electron chi connectivity index (χ3n) is 3.46. The van der Waals surface area contributed by atoms with Crippen LogP contribution in [0.2, 0.25) is 19.6 Å². The molecular formula is C17H22IrNSi-. The Balaban J connectivity index is 0.00000200. The van der Waals surface area contributed by atoms with Crippen molar-refractivity contribution in [2.45, 2.75) is 40.4 Å². The SMILES string of the molecule is Cc1c[c-]c(-c2cc(C)c([Si](C)(C)C)cn2)c(C)c1.[Ir]. The van der Waals surface area contributed by atoms with Crippen LogP contribution in [0.25, 0.3) is 11.3 Å². The average molecular weight is 461 g/mol. The number of aromatic nitrogens is 1. The van der Waals surface area contributed by atoms with Crippen LogP contribution in [0.4, 0.5) is 0 Å². The van der Waals surface area contributed by atoms with Crippen LogP contribution in [0, 0.1) is 26.8 Å². The molecule has 20 heavy (non-hydrogen) atoms. The van der Waals surface area contributed by atoms with Crippen molar-refractivity contribution in [3.05, 3.63) is 47.2 Å². The quantitative estimate of drug-likeness (QED) is 0.487. The molecule has 0 saturated heterocycles. The van der Waals surface area contributed by atoms with Gasteiger partial charge in [-0.15, -0.1) is 34.9 Å². The number of hydrogen-bond acceptors (Lipinski definition) is 1. The molecule has 0 aliphatic carbocycles. The van der Waals surface area contributed by atoms with Gasteiger partial charge in [-0.25, -0.2) is 0 Å². The fourth-order valence-corrected chi connectivity index (χ4v) is 4.22. The first kappa shape index (κ1) is 17.3.